The van der Waals surface area contributed by atoms with Crippen molar-refractivity contribution in [3.05, 3.63) is 36.7 Å². The van der Waals surface area contributed by atoms with Crippen LogP contribution in [0.3, 0.4) is 0 Å². The number of pyridine rings is 1. The van der Waals surface area contributed by atoms with Crippen LogP contribution in [0.5, 0.6) is 0 Å². The molecule has 2 heterocycles. The van der Waals surface area contributed by atoms with Crippen LogP contribution in [0.4, 0.5) is 4.79 Å². The number of ether oxygens (including phenoxy) is 1. The Balaban J connectivity index is 1.73. The van der Waals surface area contributed by atoms with E-state index >= 15 is 0 Å². The second kappa shape index (κ2) is 10.5. The topological polar surface area (TPSA) is 115 Å². The van der Waals surface area contributed by atoms with Gasteiger partial charge >= 0.3 is 6.09 Å². The summed E-state index contributed by atoms with van der Waals surface area (Å²) in [4.78, 5) is 31.9. The molecule has 0 saturated carbocycles. The third kappa shape index (κ3) is 6.18. The maximum absolute atomic E-state index is 13.3. The minimum Gasteiger partial charge on any atom is -0.444 e. The van der Waals surface area contributed by atoms with Gasteiger partial charge in [-0.15, -0.1) is 10.8 Å². The molecule has 0 radical (unpaired) electrons. The summed E-state index contributed by atoms with van der Waals surface area (Å²) in [5.74, 6) is -0.334. The Morgan fingerprint density at radius 3 is 2.53 bits per heavy atom. The molecule has 3 rings (SSSR count). The van der Waals surface area contributed by atoms with Crippen molar-refractivity contribution in [2.45, 2.75) is 57.6 Å². The van der Waals surface area contributed by atoms with E-state index in [0.717, 1.165) is 10.8 Å². The Bertz CT molecular complexity index is 1020. The first-order valence-electron chi connectivity index (χ1n) is 11.5. The largest absolute Gasteiger partial charge is 0.444 e. The Morgan fingerprint density at radius 1 is 1.12 bits per heavy atom. The fourth-order valence-corrected chi connectivity index (χ4v) is 5.72. The van der Waals surface area contributed by atoms with Crippen LogP contribution < -0.4 is 5.32 Å². The normalized spacial score (nSPS) is 17.4. The lowest BCUT2D eigenvalue weighted by Gasteiger charge is -2.43. The molecular weight excluding hydrogens is 456 g/mol. The minimum absolute atomic E-state index is 0.135. The van der Waals surface area contributed by atoms with E-state index in [1.807, 2.05) is 19.9 Å². The molecule has 0 aliphatic carbocycles. The first-order chi connectivity index (χ1) is 15.9. The second-order valence-corrected chi connectivity index (χ2v) is 11.8. The highest BCUT2D eigenvalue weighted by Crippen LogP contribution is 2.54. The van der Waals surface area contributed by atoms with E-state index in [9.17, 15) is 18.7 Å². The van der Waals surface area contributed by atoms with E-state index in [1.54, 1.807) is 60.6 Å². The summed E-state index contributed by atoms with van der Waals surface area (Å²) in [5.41, 5.74) is -0.663. The zero-order chi connectivity index (χ0) is 25.1. The van der Waals surface area contributed by atoms with E-state index in [4.69, 9.17) is 4.74 Å². The highest BCUT2D eigenvalue weighted by molar-refractivity contribution is 8.22. The zero-order valence-corrected chi connectivity index (χ0v) is 21.3. The molecule has 3 N–H and O–H groups in total. The summed E-state index contributed by atoms with van der Waals surface area (Å²) in [7, 11) is -3.26. The number of carbonyl (C=O) groups excluding carboxylic acids is 2. The number of carbonyl (C=O) groups is 2. The van der Waals surface area contributed by atoms with Gasteiger partial charge in [0, 0.05) is 49.3 Å². The molecular formula is C24H36N4O5S. The number of nitrogens with one attached hydrogen (secondary N) is 1. The standard InChI is InChI=1S/C24H36N4O5S/c1-17(2)21(26-23(30)33-24(3,4)5)22(29)27-12-7-13-28(15-14-27)34(31,32)20-9-6-8-18-16-25-11-10-19(18)20/h6,8-11,16-17,21,31-32H,7,12-15H2,1-5H3,(H,26,30)/t21-/m0/s1. The lowest BCUT2D eigenvalue weighted by Crippen LogP contribution is -2.52. The van der Waals surface area contributed by atoms with Crippen LogP contribution in [0, 0.1) is 5.92 Å². The molecule has 1 aromatic heterocycles. The summed E-state index contributed by atoms with van der Waals surface area (Å²) in [6, 6.07) is 6.45. The van der Waals surface area contributed by atoms with E-state index in [1.165, 1.54) is 0 Å². The summed E-state index contributed by atoms with van der Waals surface area (Å²) in [6.45, 7) is 10.6. The number of hydrogen-bond donors (Lipinski definition) is 3. The number of aromatic nitrogens is 1. The van der Waals surface area contributed by atoms with E-state index in [0.29, 0.717) is 37.5 Å². The van der Waals surface area contributed by atoms with Crippen LogP contribution in [0.2, 0.25) is 0 Å². The van der Waals surface area contributed by atoms with E-state index in [2.05, 4.69) is 10.3 Å². The molecule has 188 valence electrons. The van der Waals surface area contributed by atoms with Gasteiger partial charge in [-0.2, -0.15) is 0 Å². The average Bonchev–Trinajstić information content (AvgIpc) is 3.02. The van der Waals surface area contributed by atoms with Gasteiger partial charge < -0.3 is 15.0 Å². The van der Waals surface area contributed by atoms with Crippen molar-refractivity contribution in [1.29, 1.82) is 0 Å². The van der Waals surface area contributed by atoms with Crippen molar-refractivity contribution in [3.8, 4) is 0 Å². The van der Waals surface area contributed by atoms with Gasteiger partial charge in [0.25, 0.3) is 0 Å². The number of fused-ring (bicyclic) bond motifs is 1. The third-order valence-electron chi connectivity index (χ3n) is 5.67. The molecule has 9 nitrogen and oxygen atoms in total. The number of alkyl carbamates (subject to hydrolysis) is 1. The summed E-state index contributed by atoms with van der Waals surface area (Å²) >= 11 is 0. The molecule has 34 heavy (non-hydrogen) atoms. The van der Waals surface area contributed by atoms with Crippen molar-refractivity contribution in [1.82, 2.24) is 19.5 Å². The molecule has 0 spiro atoms. The maximum atomic E-state index is 13.3. The first-order valence-corrected chi connectivity index (χ1v) is 13.0. The third-order valence-corrected chi connectivity index (χ3v) is 7.70. The number of amides is 2. The smallest absolute Gasteiger partial charge is 0.408 e. The molecule has 2 amide bonds. The maximum Gasteiger partial charge on any atom is 0.408 e. The van der Waals surface area contributed by atoms with Crippen LogP contribution in [-0.4, -0.2) is 73.1 Å². The monoisotopic (exact) mass is 492 g/mol. The van der Waals surface area contributed by atoms with E-state index in [-0.39, 0.29) is 11.8 Å². The number of hydrogen-bond acceptors (Lipinski definition) is 7. The van der Waals surface area contributed by atoms with Crippen molar-refractivity contribution >= 4 is 33.5 Å². The molecule has 2 aromatic rings. The van der Waals surface area contributed by atoms with E-state index < -0.39 is 28.5 Å². The summed E-state index contributed by atoms with van der Waals surface area (Å²) in [5, 5.41) is 4.29. The average molecular weight is 493 g/mol. The molecule has 1 aliphatic rings. The summed E-state index contributed by atoms with van der Waals surface area (Å²) < 4.78 is 29.5. The molecule has 1 atom stereocenters. The lowest BCUT2D eigenvalue weighted by atomic mass is 10.0. The molecule has 0 bridgehead atoms. The fourth-order valence-electron chi connectivity index (χ4n) is 3.98. The summed E-state index contributed by atoms with van der Waals surface area (Å²) in [6.07, 6.45) is 3.27. The second-order valence-electron chi connectivity index (χ2n) is 9.85. The molecule has 1 aliphatic heterocycles. The Labute approximate surface area is 203 Å². The van der Waals surface area contributed by atoms with Crippen LogP contribution in [0.1, 0.15) is 41.0 Å². The van der Waals surface area contributed by atoms with Crippen molar-refractivity contribution in [2.24, 2.45) is 5.92 Å². The molecule has 0 unspecified atom stereocenters. The predicted octanol–water partition coefficient (Wildman–Crippen LogP) is 4.34. The molecule has 1 fully saturated rings. The fraction of sp³-hybridized carbons (Fsp3) is 0.542. The minimum atomic E-state index is -3.26. The zero-order valence-electron chi connectivity index (χ0n) is 20.5. The number of nitrogens with zero attached hydrogens (tertiary/aromatic N) is 3. The van der Waals surface area contributed by atoms with Gasteiger partial charge in [-0.25, -0.2) is 9.10 Å². The Hall–Kier alpha value is -2.40. The Kier molecular flexibility index (Phi) is 8.07. The van der Waals surface area contributed by atoms with Gasteiger partial charge in [0.1, 0.15) is 11.6 Å². The van der Waals surface area contributed by atoms with Crippen molar-refractivity contribution in [3.63, 3.8) is 0 Å². The van der Waals surface area contributed by atoms with Crippen LogP contribution in [0.15, 0.2) is 41.6 Å². The van der Waals surface area contributed by atoms with Crippen LogP contribution in [0.25, 0.3) is 10.8 Å². The van der Waals surface area contributed by atoms with Gasteiger partial charge in [-0.05, 0) is 45.2 Å². The van der Waals surface area contributed by atoms with Gasteiger partial charge in [-0.1, -0.05) is 26.0 Å². The van der Waals surface area contributed by atoms with Crippen molar-refractivity contribution in [2.75, 3.05) is 26.2 Å². The van der Waals surface area contributed by atoms with Gasteiger partial charge in [-0.3, -0.25) is 18.9 Å². The molecule has 1 saturated heterocycles. The molecule has 10 heteroatoms. The quantitative estimate of drug-likeness (QED) is 0.569. The lowest BCUT2D eigenvalue weighted by molar-refractivity contribution is -0.134. The van der Waals surface area contributed by atoms with Crippen LogP contribution >= 0.6 is 10.8 Å². The highest BCUT2D eigenvalue weighted by Gasteiger charge is 2.34. The van der Waals surface area contributed by atoms with Gasteiger partial charge in [0.15, 0.2) is 0 Å². The van der Waals surface area contributed by atoms with Gasteiger partial charge in [0.2, 0.25) is 5.91 Å². The number of rotatable bonds is 5. The van der Waals surface area contributed by atoms with Gasteiger partial charge in [0.05, 0.1) is 4.90 Å². The molecule has 1 aromatic carbocycles. The predicted molar refractivity (Wildman–Crippen MR) is 134 cm³/mol. The Morgan fingerprint density at radius 2 is 1.85 bits per heavy atom. The number of benzene rings is 1. The van der Waals surface area contributed by atoms with Crippen molar-refractivity contribution < 1.29 is 23.4 Å². The van der Waals surface area contributed by atoms with Crippen LogP contribution in [-0.2, 0) is 9.53 Å². The highest BCUT2D eigenvalue weighted by atomic mass is 32.3. The SMILES string of the molecule is CC(C)[C@H](NC(=O)OC(C)(C)C)C(=O)N1CCCN(S(O)(O)c2cccc3cnccc23)CC1. The first kappa shape index (κ1) is 26.2.